The van der Waals surface area contributed by atoms with Crippen LogP contribution in [0, 0.1) is 5.92 Å². The third kappa shape index (κ3) is 8.06. The number of ether oxygens (including phenoxy) is 1. The summed E-state index contributed by atoms with van der Waals surface area (Å²) in [5.41, 5.74) is 2.87. The number of nitrogens with zero attached hydrogens (tertiary/aromatic N) is 2. The molecule has 1 fully saturated rings. The third-order valence-electron chi connectivity index (χ3n) is 5.15. The van der Waals surface area contributed by atoms with Gasteiger partial charge in [0.1, 0.15) is 0 Å². The highest BCUT2D eigenvalue weighted by Gasteiger charge is 2.16. The van der Waals surface area contributed by atoms with Crippen molar-refractivity contribution >= 4 is 17.3 Å². The van der Waals surface area contributed by atoms with Gasteiger partial charge in [-0.15, -0.1) is 0 Å². The molecule has 0 spiro atoms. The van der Waals surface area contributed by atoms with E-state index in [2.05, 4.69) is 74.0 Å². The second-order valence-corrected chi connectivity index (χ2v) is 9.64. The number of rotatable bonds is 8. The lowest BCUT2D eigenvalue weighted by molar-refractivity contribution is 0.0367. The molecule has 4 nitrogen and oxygen atoms in total. The van der Waals surface area contributed by atoms with Crippen molar-refractivity contribution in [2.75, 3.05) is 45.9 Å². The number of hydrogen-bond acceptors (Lipinski definition) is 3. The molecule has 1 N–H and O–H groups in total. The number of morpholine rings is 1. The van der Waals surface area contributed by atoms with E-state index >= 15 is 0 Å². The van der Waals surface area contributed by atoms with E-state index in [-0.39, 0.29) is 5.41 Å². The van der Waals surface area contributed by atoms with Crippen LogP contribution < -0.4 is 5.32 Å². The Morgan fingerprint density at radius 1 is 1.18 bits per heavy atom. The van der Waals surface area contributed by atoms with E-state index in [1.54, 1.807) is 0 Å². The van der Waals surface area contributed by atoms with E-state index in [0.717, 1.165) is 64.0 Å². The molecule has 0 aliphatic carbocycles. The van der Waals surface area contributed by atoms with Crippen LogP contribution in [0.15, 0.2) is 24.3 Å². The van der Waals surface area contributed by atoms with Crippen LogP contribution in [0.2, 0.25) is 0 Å². The molecule has 158 valence electrons. The minimum atomic E-state index is 0.185. The fraction of sp³-hybridized carbons (Fsp3) is 0.696. The molecule has 2 rings (SSSR count). The van der Waals surface area contributed by atoms with E-state index in [4.69, 9.17) is 17.0 Å². The third-order valence-corrected chi connectivity index (χ3v) is 5.55. The second-order valence-electron chi connectivity index (χ2n) is 9.26. The van der Waals surface area contributed by atoms with E-state index in [1.807, 2.05) is 0 Å². The Hall–Kier alpha value is -1.17. The fourth-order valence-electron chi connectivity index (χ4n) is 3.30. The summed E-state index contributed by atoms with van der Waals surface area (Å²) in [5, 5.41) is 4.32. The average Bonchev–Trinajstić information content (AvgIpc) is 2.66. The van der Waals surface area contributed by atoms with Crippen molar-refractivity contribution < 1.29 is 4.74 Å². The predicted molar refractivity (Wildman–Crippen MR) is 123 cm³/mol. The van der Waals surface area contributed by atoms with E-state index < -0.39 is 0 Å². The van der Waals surface area contributed by atoms with Crippen LogP contribution in [0.1, 0.15) is 52.2 Å². The lowest BCUT2D eigenvalue weighted by atomic mass is 9.87. The Balaban J connectivity index is 1.95. The van der Waals surface area contributed by atoms with Gasteiger partial charge in [0.15, 0.2) is 5.11 Å². The Kier molecular flexibility index (Phi) is 9.19. The maximum absolute atomic E-state index is 5.73. The Labute approximate surface area is 177 Å². The van der Waals surface area contributed by atoms with Crippen molar-refractivity contribution in [2.45, 2.75) is 53.0 Å². The van der Waals surface area contributed by atoms with Gasteiger partial charge < -0.3 is 15.0 Å². The van der Waals surface area contributed by atoms with Crippen LogP contribution >= 0.6 is 12.2 Å². The van der Waals surface area contributed by atoms with Gasteiger partial charge in [0.05, 0.1) is 13.2 Å². The summed E-state index contributed by atoms with van der Waals surface area (Å²) in [7, 11) is 0. The normalized spacial score (nSPS) is 15.6. The van der Waals surface area contributed by atoms with Gasteiger partial charge in [-0.1, -0.05) is 58.9 Å². The highest BCUT2D eigenvalue weighted by Crippen LogP contribution is 2.22. The number of nitrogens with one attached hydrogen (secondary N) is 1. The summed E-state index contributed by atoms with van der Waals surface area (Å²) in [6.07, 6.45) is 1.11. The second kappa shape index (κ2) is 11.1. The molecule has 1 heterocycles. The van der Waals surface area contributed by atoms with Gasteiger partial charge >= 0.3 is 0 Å². The number of thiocarbonyl (C=S) groups is 1. The smallest absolute Gasteiger partial charge is 0.169 e. The Morgan fingerprint density at radius 2 is 1.82 bits per heavy atom. The first kappa shape index (κ1) is 23.1. The predicted octanol–water partition coefficient (Wildman–Crippen LogP) is 4.04. The van der Waals surface area contributed by atoms with E-state index in [1.165, 1.54) is 11.1 Å². The van der Waals surface area contributed by atoms with Gasteiger partial charge in [-0.05, 0) is 41.1 Å². The molecule has 0 atom stereocenters. The van der Waals surface area contributed by atoms with E-state index in [0.29, 0.717) is 5.92 Å². The van der Waals surface area contributed by atoms with Gasteiger partial charge in [-0.2, -0.15) is 0 Å². The number of hydrogen-bond donors (Lipinski definition) is 1. The summed E-state index contributed by atoms with van der Waals surface area (Å²) in [6.45, 7) is 18.9. The Morgan fingerprint density at radius 3 is 2.39 bits per heavy atom. The molecule has 0 radical (unpaired) electrons. The zero-order chi connectivity index (χ0) is 20.6. The molecule has 1 saturated heterocycles. The van der Waals surface area contributed by atoms with Crippen LogP contribution in [-0.4, -0.2) is 60.8 Å². The van der Waals surface area contributed by atoms with Gasteiger partial charge in [0, 0.05) is 39.3 Å². The standard InChI is InChI=1S/C23H39N3OS/c1-19(2)17-24-22(28)26(12-6-11-25-13-15-27-16-14-25)18-20-7-9-21(10-8-20)23(3,4)5/h7-10,19H,6,11-18H2,1-5H3,(H,24,28). The molecule has 0 unspecified atom stereocenters. The first-order valence-corrected chi connectivity index (χ1v) is 11.1. The topological polar surface area (TPSA) is 27.7 Å². The lowest BCUT2D eigenvalue weighted by Crippen LogP contribution is -2.43. The summed E-state index contributed by atoms with van der Waals surface area (Å²) in [6, 6.07) is 9.01. The monoisotopic (exact) mass is 405 g/mol. The van der Waals surface area contributed by atoms with Crippen LogP contribution in [0.5, 0.6) is 0 Å². The minimum Gasteiger partial charge on any atom is -0.379 e. The zero-order valence-electron chi connectivity index (χ0n) is 18.5. The highest BCUT2D eigenvalue weighted by atomic mass is 32.1. The molecule has 1 aromatic rings. The first-order chi connectivity index (χ1) is 13.3. The largest absolute Gasteiger partial charge is 0.379 e. The van der Waals surface area contributed by atoms with Crippen LogP contribution in [0.4, 0.5) is 0 Å². The molecule has 1 aliphatic rings. The Bertz CT molecular complexity index is 589. The van der Waals surface area contributed by atoms with Crippen molar-refractivity contribution in [2.24, 2.45) is 5.92 Å². The fourth-order valence-corrected chi connectivity index (χ4v) is 3.54. The summed E-state index contributed by atoms with van der Waals surface area (Å²) in [5.74, 6) is 0.583. The van der Waals surface area contributed by atoms with Crippen LogP contribution in [0.3, 0.4) is 0 Å². The maximum atomic E-state index is 5.73. The lowest BCUT2D eigenvalue weighted by Gasteiger charge is -2.30. The van der Waals surface area contributed by atoms with Gasteiger partial charge in [0.25, 0.3) is 0 Å². The summed E-state index contributed by atoms with van der Waals surface area (Å²) < 4.78 is 5.45. The molecule has 1 aromatic carbocycles. The van der Waals surface area contributed by atoms with Crippen LogP contribution in [-0.2, 0) is 16.7 Å². The van der Waals surface area contributed by atoms with Gasteiger partial charge in [-0.25, -0.2) is 0 Å². The molecule has 0 amide bonds. The van der Waals surface area contributed by atoms with Crippen molar-refractivity contribution in [3.8, 4) is 0 Å². The van der Waals surface area contributed by atoms with Crippen molar-refractivity contribution in [3.63, 3.8) is 0 Å². The van der Waals surface area contributed by atoms with Gasteiger partial charge in [0.2, 0.25) is 0 Å². The van der Waals surface area contributed by atoms with Crippen molar-refractivity contribution in [3.05, 3.63) is 35.4 Å². The first-order valence-electron chi connectivity index (χ1n) is 10.7. The molecule has 5 heteroatoms. The molecular weight excluding hydrogens is 366 g/mol. The molecule has 1 aliphatic heterocycles. The molecule has 0 saturated carbocycles. The van der Waals surface area contributed by atoms with E-state index in [9.17, 15) is 0 Å². The maximum Gasteiger partial charge on any atom is 0.169 e. The van der Waals surface area contributed by atoms with Crippen molar-refractivity contribution in [1.29, 1.82) is 0 Å². The minimum absolute atomic E-state index is 0.185. The number of benzene rings is 1. The molecule has 0 aromatic heterocycles. The van der Waals surface area contributed by atoms with Crippen molar-refractivity contribution in [1.82, 2.24) is 15.1 Å². The zero-order valence-corrected chi connectivity index (χ0v) is 19.3. The SMILES string of the molecule is CC(C)CNC(=S)N(CCCN1CCOCC1)Cc1ccc(C(C)(C)C)cc1. The molecule has 0 bridgehead atoms. The molecular formula is C23H39N3OS. The van der Waals surface area contributed by atoms with Crippen LogP contribution in [0.25, 0.3) is 0 Å². The van der Waals surface area contributed by atoms with Gasteiger partial charge in [-0.3, -0.25) is 4.90 Å². The quantitative estimate of drug-likeness (QED) is 0.659. The summed E-state index contributed by atoms with van der Waals surface area (Å²) >= 11 is 5.73. The highest BCUT2D eigenvalue weighted by molar-refractivity contribution is 7.80. The summed E-state index contributed by atoms with van der Waals surface area (Å²) in [4.78, 5) is 4.81. The molecule has 28 heavy (non-hydrogen) atoms. The average molecular weight is 406 g/mol.